The van der Waals surface area contributed by atoms with Gasteiger partial charge in [0, 0.05) is 24.5 Å². The monoisotopic (exact) mass is 238 g/mol. The van der Waals surface area contributed by atoms with Crippen LogP contribution in [0.5, 0.6) is 0 Å². The number of fused-ring (bicyclic) bond motifs is 5. The molecular formula is C17H18O. The molecule has 0 aromatic heterocycles. The van der Waals surface area contributed by atoms with E-state index < -0.39 is 0 Å². The van der Waals surface area contributed by atoms with Gasteiger partial charge >= 0.3 is 0 Å². The second-order valence-corrected chi connectivity index (χ2v) is 6.00. The maximum absolute atomic E-state index is 5.84. The van der Waals surface area contributed by atoms with Crippen LogP contribution in [0.25, 0.3) is 0 Å². The van der Waals surface area contributed by atoms with E-state index >= 15 is 0 Å². The Labute approximate surface area is 109 Å². The Kier molecular flexibility index (Phi) is 2.14. The molecule has 0 spiro atoms. The molecule has 1 nitrogen and oxygen atoms in total. The van der Waals surface area contributed by atoms with E-state index in [1.54, 1.807) is 0 Å². The van der Waals surface area contributed by atoms with Crippen LogP contribution in [0.15, 0.2) is 30.3 Å². The third kappa shape index (κ3) is 1.27. The van der Waals surface area contributed by atoms with Gasteiger partial charge in [-0.25, -0.2) is 0 Å². The van der Waals surface area contributed by atoms with Crippen molar-refractivity contribution in [3.63, 3.8) is 0 Å². The Morgan fingerprint density at radius 1 is 1.11 bits per heavy atom. The molecule has 1 aromatic carbocycles. The topological polar surface area (TPSA) is 9.23 Å². The lowest BCUT2D eigenvalue weighted by molar-refractivity contribution is 0.0831. The fraction of sp³-hybridized carbons (Fsp3) is 0.529. The predicted octanol–water partition coefficient (Wildman–Crippen LogP) is 3.10. The zero-order valence-electron chi connectivity index (χ0n) is 10.7. The predicted molar refractivity (Wildman–Crippen MR) is 70.9 cm³/mol. The van der Waals surface area contributed by atoms with Crippen LogP contribution in [0.1, 0.15) is 24.8 Å². The van der Waals surface area contributed by atoms with Crippen LogP contribution >= 0.6 is 0 Å². The van der Waals surface area contributed by atoms with Crippen LogP contribution in [0.2, 0.25) is 0 Å². The molecule has 1 heteroatoms. The average Bonchev–Trinajstić information content (AvgIpc) is 2.74. The van der Waals surface area contributed by atoms with E-state index in [0.717, 1.165) is 29.2 Å². The summed E-state index contributed by atoms with van der Waals surface area (Å²) in [6.45, 7) is 0. The van der Waals surface area contributed by atoms with E-state index in [1.165, 1.54) is 19.3 Å². The molecule has 3 fully saturated rings. The molecule has 3 saturated carbocycles. The largest absolute Gasteiger partial charge is 0.365 e. The first-order chi connectivity index (χ1) is 8.85. The normalized spacial score (nSPS) is 43.2. The number of hydrogen-bond acceptors (Lipinski definition) is 1. The number of ether oxygens (including phenoxy) is 1. The summed E-state index contributed by atoms with van der Waals surface area (Å²) >= 11 is 0. The fourth-order valence-electron chi connectivity index (χ4n) is 4.59. The summed E-state index contributed by atoms with van der Waals surface area (Å²) in [7, 11) is 1.84. The molecule has 1 aromatic rings. The van der Waals surface area contributed by atoms with E-state index in [-0.39, 0.29) is 5.60 Å². The highest BCUT2D eigenvalue weighted by atomic mass is 16.5. The van der Waals surface area contributed by atoms with Gasteiger partial charge in [0.25, 0.3) is 0 Å². The van der Waals surface area contributed by atoms with E-state index in [0.29, 0.717) is 0 Å². The summed E-state index contributed by atoms with van der Waals surface area (Å²) in [5.74, 6) is 10.0. The minimum absolute atomic E-state index is 0.0973. The second kappa shape index (κ2) is 3.62. The van der Waals surface area contributed by atoms with Gasteiger partial charge in [0.05, 0.1) is 0 Å². The molecule has 0 N–H and O–H groups in total. The van der Waals surface area contributed by atoms with Crippen molar-refractivity contribution in [3.05, 3.63) is 35.9 Å². The van der Waals surface area contributed by atoms with Crippen LogP contribution in [0.3, 0.4) is 0 Å². The maximum Gasteiger partial charge on any atom is 0.135 e. The summed E-state index contributed by atoms with van der Waals surface area (Å²) in [5, 5.41) is 0. The quantitative estimate of drug-likeness (QED) is 0.683. The second-order valence-electron chi connectivity index (χ2n) is 6.00. The zero-order valence-corrected chi connectivity index (χ0v) is 10.7. The smallest absolute Gasteiger partial charge is 0.135 e. The molecule has 18 heavy (non-hydrogen) atoms. The van der Waals surface area contributed by atoms with Gasteiger partial charge in [0.15, 0.2) is 0 Å². The Morgan fingerprint density at radius 3 is 2.39 bits per heavy atom. The lowest BCUT2D eigenvalue weighted by Crippen LogP contribution is -2.20. The van der Waals surface area contributed by atoms with E-state index in [4.69, 9.17) is 4.74 Å². The molecule has 0 heterocycles. The molecule has 0 radical (unpaired) electrons. The Balaban J connectivity index is 1.64. The van der Waals surface area contributed by atoms with Gasteiger partial charge in [0.1, 0.15) is 5.60 Å². The first kappa shape index (κ1) is 10.6. The lowest BCUT2D eigenvalue weighted by Gasteiger charge is -2.16. The molecule has 5 atom stereocenters. The van der Waals surface area contributed by atoms with Crippen LogP contribution in [0.4, 0.5) is 0 Å². The van der Waals surface area contributed by atoms with Crippen molar-refractivity contribution >= 4 is 0 Å². The molecule has 1 unspecified atom stereocenters. The highest BCUT2D eigenvalue weighted by Crippen LogP contribution is 2.72. The summed E-state index contributed by atoms with van der Waals surface area (Å²) in [4.78, 5) is 0. The van der Waals surface area contributed by atoms with Crippen molar-refractivity contribution in [2.45, 2.75) is 24.9 Å². The standard InChI is InChI=1S/C17H18O/c1-18-17(10-9-12-5-3-2-4-6-12)15-13-7-8-14(11-13)16(15)17/h2-6,13-16H,7-8,11H2,1H3/t13-,14+,15+,16-,17?. The van der Waals surface area contributed by atoms with Gasteiger partial charge < -0.3 is 4.74 Å². The fourth-order valence-corrected chi connectivity index (χ4v) is 4.59. The van der Waals surface area contributed by atoms with E-state index in [1.807, 2.05) is 25.3 Å². The summed E-state index contributed by atoms with van der Waals surface area (Å²) in [6, 6.07) is 10.3. The maximum atomic E-state index is 5.84. The highest BCUT2D eigenvalue weighted by Gasteiger charge is 2.75. The molecule has 2 bridgehead atoms. The SMILES string of the molecule is COC1(C#Cc2ccccc2)[C@@H]2[C@H]3CC[C@H](C3)[C@@H]21. The summed E-state index contributed by atoms with van der Waals surface area (Å²) < 4.78 is 5.84. The van der Waals surface area contributed by atoms with Crippen molar-refractivity contribution in [2.24, 2.45) is 23.7 Å². The molecule has 92 valence electrons. The third-order valence-corrected chi connectivity index (χ3v) is 5.31. The van der Waals surface area contributed by atoms with Crippen molar-refractivity contribution < 1.29 is 4.74 Å². The molecule has 0 amide bonds. The number of benzene rings is 1. The Morgan fingerprint density at radius 2 is 1.78 bits per heavy atom. The lowest BCUT2D eigenvalue weighted by atomic mass is 9.99. The van der Waals surface area contributed by atoms with Gasteiger partial charge in [-0.1, -0.05) is 30.0 Å². The number of rotatable bonds is 1. The minimum Gasteiger partial charge on any atom is -0.365 e. The molecule has 3 aliphatic carbocycles. The van der Waals surface area contributed by atoms with Gasteiger partial charge in [-0.2, -0.15) is 0 Å². The van der Waals surface area contributed by atoms with Crippen LogP contribution in [-0.4, -0.2) is 12.7 Å². The third-order valence-electron chi connectivity index (χ3n) is 5.31. The summed E-state index contributed by atoms with van der Waals surface area (Å²) in [5.41, 5.74) is 1.01. The summed E-state index contributed by atoms with van der Waals surface area (Å²) in [6.07, 6.45) is 4.25. The number of methoxy groups -OCH3 is 1. The van der Waals surface area contributed by atoms with E-state index in [2.05, 4.69) is 24.0 Å². The van der Waals surface area contributed by atoms with Gasteiger partial charge in [0.2, 0.25) is 0 Å². The van der Waals surface area contributed by atoms with Gasteiger partial charge in [-0.3, -0.25) is 0 Å². The minimum atomic E-state index is -0.0973. The molecule has 3 aliphatic rings. The zero-order chi connectivity index (χ0) is 12.2. The van der Waals surface area contributed by atoms with Crippen molar-refractivity contribution in [1.82, 2.24) is 0 Å². The molecular weight excluding hydrogens is 220 g/mol. The van der Waals surface area contributed by atoms with Crippen LogP contribution in [0, 0.1) is 35.5 Å². The van der Waals surface area contributed by atoms with Crippen molar-refractivity contribution in [2.75, 3.05) is 7.11 Å². The first-order valence-electron chi connectivity index (χ1n) is 6.98. The van der Waals surface area contributed by atoms with Gasteiger partial charge in [-0.15, -0.1) is 0 Å². The molecule has 0 saturated heterocycles. The van der Waals surface area contributed by atoms with Crippen LogP contribution in [-0.2, 0) is 4.74 Å². The van der Waals surface area contributed by atoms with E-state index in [9.17, 15) is 0 Å². The number of hydrogen-bond donors (Lipinski definition) is 0. The average molecular weight is 238 g/mol. The highest BCUT2D eigenvalue weighted by molar-refractivity contribution is 5.43. The Bertz CT molecular complexity index is 506. The van der Waals surface area contributed by atoms with Crippen molar-refractivity contribution in [1.29, 1.82) is 0 Å². The first-order valence-corrected chi connectivity index (χ1v) is 6.98. The molecule has 0 aliphatic heterocycles. The molecule has 4 rings (SSSR count). The Hall–Kier alpha value is -1.26. The van der Waals surface area contributed by atoms with Crippen LogP contribution < -0.4 is 0 Å². The van der Waals surface area contributed by atoms with Gasteiger partial charge in [-0.05, 0) is 43.2 Å². The van der Waals surface area contributed by atoms with Crippen molar-refractivity contribution in [3.8, 4) is 11.8 Å².